The molecular weight excluding hydrogens is 466 g/mol. The van der Waals surface area contributed by atoms with Crippen molar-refractivity contribution in [3.05, 3.63) is 106 Å². The molecular formula is C27H18ClN3O4. The maximum Gasteiger partial charge on any atom is 0.266 e. The van der Waals surface area contributed by atoms with E-state index in [1.807, 2.05) is 12.1 Å². The monoisotopic (exact) mass is 483 g/mol. The molecule has 8 heteroatoms. The number of anilines is 1. The lowest BCUT2D eigenvalue weighted by atomic mass is 10.0. The van der Waals surface area contributed by atoms with E-state index in [4.69, 9.17) is 16.1 Å². The average molecular weight is 484 g/mol. The van der Waals surface area contributed by atoms with Gasteiger partial charge in [-0.05, 0) is 60.7 Å². The lowest BCUT2D eigenvalue weighted by Gasteiger charge is -2.26. The first kappa shape index (κ1) is 21.3. The number of benzene rings is 3. The minimum absolute atomic E-state index is 0.146. The van der Waals surface area contributed by atoms with Crippen molar-refractivity contribution in [2.24, 2.45) is 0 Å². The zero-order chi connectivity index (χ0) is 24.1. The molecule has 0 atom stereocenters. The van der Waals surface area contributed by atoms with E-state index in [1.54, 1.807) is 65.6 Å². The molecule has 0 fully saturated rings. The third-order valence-corrected chi connectivity index (χ3v) is 6.65. The molecule has 0 radical (unpaired) electrons. The van der Waals surface area contributed by atoms with Gasteiger partial charge in [0.2, 0.25) is 0 Å². The summed E-state index contributed by atoms with van der Waals surface area (Å²) in [5, 5.41) is 4.82. The predicted octanol–water partition coefficient (Wildman–Crippen LogP) is 4.99. The smallest absolute Gasteiger partial charge is 0.266 e. The van der Waals surface area contributed by atoms with Crippen LogP contribution >= 0.6 is 11.6 Å². The van der Waals surface area contributed by atoms with Crippen molar-refractivity contribution in [1.29, 1.82) is 0 Å². The summed E-state index contributed by atoms with van der Waals surface area (Å²) >= 11 is 6.00. The molecule has 1 aromatic heterocycles. The number of halogens is 1. The zero-order valence-electron chi connectivity index (χ0n) is 18.4. The number of imide groups is 1. The number of carbonyl (C=O) groups is 3. The molecule has 0 saturated heterocycles. The Kier molecular flexibility index (Phi) is 5.00. The summed E-state index contributed by atoms with van der Waals surface area (Å²) in [6, 6.07) is 20.6. The van der Waals surface area contributed by atoms with Crippen LogP contribution in [0.4, 0.5) is 5.69 Å². The van der Waals surface area contributed by atoms with E-state index in [-0.39, 0.29) is 17.7 Å². The van der Waals surface area contributed by atoms with Crippen molar-refractivity contribution in [3.8, 4) is 11.3 Å². The van der Waals surface area contributed by atoms with E-state index in [0.29, 0.717) is 52.7 Å². The van der Waals surface area contributed by atoms with Crippen molar-refractivity contribution in [2.75, 3.05) is 11.4 Å². The standard InChI is InChI=1S/C27H18ClN3O4/c28-18-9-5-16(6-10-18)24-22-15-30(14-13-23(22)29-35-24)25(32)17-7-11-19(12-8-17)31-26(33)20-3-1-2-4-21(20)27(31)34/h1-12H,13-15H2. The van der Waals surface area contributed by atoms with Gasteiger partial charge < -0.3 is 9.42 Å². The Morgan fingerprint density at radius 1 is 0.886 bits per heavy atom. The fourth-order valence-electron chi connectivity index (χ4n) is 4.57. The van der Waals surface area contributed by atoms with E-state index < -0.39 is 0 Å². The Morgan fingerprint density at radius 3 is 2.20 bits per heavy atom. The van der Waals surface area contributed by atoms with Crippen molar-refractivity contribution in [3.63, 3.8) is 0 Å². The Hall–Kier alpha value is -4.23. The second-order valence-corrected chi connectivity index (χ2v) is 8.90. The third kappa shape index (κ3) is 3.52. The number of fused-ring (bicyclic) bond motifs is 2. The number of amides is 3. The second-order valence-electron chi connectivity index (χ2n) is 8.46. The van der Waals surface area contributed by atoms with Crippen molar-refractivity contribution < 1.29 is 18.9 Å². The first-order valence-electron chi connectivity index (χ1n) is 11.1. The van der Waals surface area contributed by atoms with Crippen LogP contribution in [-0.4, -0.2) is 34.3 Å². The number of nitrogens with zero attached hydrogens (tertiary/aromatic N) is 3. The lowest BCUT2D eigenvalue weighted by molar-refractivity contribution is 0.0734. The van der Waals surface area contributed by atoms with Crippen LogP contribution in [0.3, 0.4) is 0 Å². The topological polar surface area (TPSA) is 83.7 Å². The molecule has 0 N–H and O–H groups in total. The van der Waals surface area contributed by atoms with E-state index >= 15 is 0 Å². The molecule has 0 saturated carbocycles. The Balaban J connectivity index is 1.22. The summed E-state index contributed by atoms with van der Waals surface area (Å²) in [4.78, 5) is 41.6. The van der Waals surface area contributed by atoms with Crippen LogP contribution in [0.2, 0.25) is 5.02 Å². The fourth-order valence-corrected chi connectivity index (χ4v) is 4.70. The molecule has 4 aromatic rings. The average Bonchev–Trinajstić information content (AvgIpc) is 3.43. The number of rotatable bonds is 3. The minimum Gasteiger partial charge on any atom is -0.356 e. The molecule has 3 aromatic carbocycles. The van der Waals surface area contributed by atoms with E-state index in [0.717, 1.165) is 21.7 Å². The molecule has 35 heavy (non-hydrogen) atoms. The summed E-state index contributed by atoms with van der Waals surface area (Å²) in [6.07, 6.45) is 0.589. The fraction of sp³-hybridized carbons (Fsp3) is 0.111. The van der Waals surface area contributed by atoms with Gasteiger partial charge in [-0.25, -0.2) is 4.90 Å². The van der Waals surface area contributed by atoms with Crippen LogP contribution in [0.5, 0.6) is 0 Å². The van der Waals surface area contributed by atoms with Crippen molar-refractivity contribution >= 4 is 35.0 Å². The van der Waals surface area contributed by atoms with Gasteiger partial charge in [-0.15, -0.1) is 0 Å². The highest BCUT2D eigenvalue weighted by Gasteiger charge is 2.36. The van der Waals surface area contributed by atoms with Gasteiger partial charge in [0.05, 0.1) is 29.1 Å². The maximum absolute atomic E-state index is 13.3. The summed E-state index contributed by atoms with van der Waals surface area (Å²) in [7, 11) is 0. The predicted molar refractivity (Wildman–Crippen MR) is 129 cm³/mol. The quantitative estimate of drug-likeness (QED) is 0.383. The largest absolute Gasteiger partial charge is 0.356 e. The summed E-state index contributed by atoms with van der Waals surface area (Å²) < 4.78 is 5.60. The number of hydrogen-bond donors (Lipinski definition) is 0. The molecule has 2 aliphatic heterocycles. The molecule has 0 spiro atoms. The molecule has 172 valence electrons. The SMILES string of the molecule is O=C(c1ccc(N2C(=O)c3ccccc3C2=O)cc1)N1CCc2noc(-c3ccc(Cl)cc3)c2C1. The van der Waals surface area contributed by atoms with Gasteiger partial charge in [0.15, 0.2) is 5.76 Å². The highest BCUT2D eigenvalue weighted by Crippen LogP contribution is 2.32. The van der Waals surface area contributed by atoms with Crippen LogP contribution in [-0.2, 0) is 13.0 Å². The van der Waals surface area contributed by atoms with Crippen LogP contribution in [0.1, 0.15) is 42.3 Å². The summed E-state index contributed by atoms with van der Waals surface area (Å²) in [6.45, 7) is 0.883. The van der Waals surface area contributed by atoms with Gasteiger partial charge in [-0.1, -0.05) is 28.9 Å². The van der Waals surface area contributed by atoms with E-state index in [9.17, 15) is 14.4 Å². The van der Waals surface area contributed by atoms with Gasteiger partial charge in [-0.3, -0.25) is 14.4 Å². The molecule has 6 rings (SSSR count). The van der Waals surface area contributed by atoms with Crippen LogP contribution in [0.15, 0.2) is 77.3 Å². The van der Waals surface area contributed by atoms with Crippen molar-refractivity contribution in [2.45, 2.75) is 13.0 Å². The number of hydrogen-bond acceptors (Lipinski definition) is 5. The zero-order valence-corrected chi connectivity index (χ0v) is 19.2. The summed E-state index contributed by atoms with van der Waals surface area (Å²) in [5.41, 5.74) is 4.24. The molecule has 3 heterocycles. The van der Waals surface area contributed by atoms with Gasteiger partial charge in [0.1, 0.15) is 0 Å². The molecule has 2 aliphatic rings. The van der Waals surface area contributed by atoms with Gasteiger partial charge in [0, 0.05) is 34.7 Å². The van der Waals surface area contributed by atoms with E-state index in [1.165, 1.54) is 0 Å². The lowest BCUT2D eigenvalue weighted by Crippen LogP contribution is -2.36. The third-order valence-electron chi connectivity index (χ3n) is 6.40. The van der Waals surface area contributed by atoms with E-state index in [2.05, 4.69) is 5.16 Å². The van der Waals surface area contributed by atoms with Gasteiger partial charge >= 0.3 is 0 Å². The Labute approximate surface area is 205 Å². The first-order valence-corrected chi connectivity index (χ1v) is 11.5. The Bertz CT molecular complexity index is 1460. The summed E-state index contributed by atoms with van der Waals surface area (Å²) in [5.74, 6) is -0.242. The van der Waals surface area contributed by atoms with Crippen LogP contribution in [0.25, 0.3) is 11.3 Å². The van der Waals surface area contributed by atoms with Crippen molar-refractivity contribution in [1.82, 2.24) is 10.1 Å². The number of carbonyl (C=O) groups excluding carboxylic acids is 3. The molecule has 0 aliphatic carbocycles. The van der Waals surface area contributed by atoms with Crippen LogP contribution in [0, 0.1) is 0 Å². The maximum atomic E-state index is 13.3. The molecule has 0 unspecified atom stereocenters. The van der Waals surface area contributed by atoms with Gasteiger partial charge in [0.25, 0.3) is 17.7 Å². The van der Waals surface area contributed by atoms with Gasteiger partial charge in [-0.2, -0.15) is 0 Å². The Morgan fingerprint density at radius 2 is 1.54 bits per heavy atom. The number of aromatic nitrogens is 1. The minimum atomic E-state index is -0.365. The highest BCUT2D eigenvalue weighted by molar-refractivity contribution is 6.34. The normalized spacial score (nSPS) is 14.8. The first-order chi connectivity index (χ1) is 17.0. The molecule has 0 bridgehead atoms. The second kappa shape index (κ2) is 8.21. The molecule has 3 amide bonds. The van der Waals surface area contributed by atoms with Crippen LogP contribution < -0.4 is 4.90 Å². The molecule has 7 nitrogen and oxygen atoms in total. The highest BCUT2D eigenvalue weighted by atomic mass is 35.5.